The standard InChI is InChI=1S/C25H30S4/c1-7-25(5,6)23-15-13-21(29-23)19-11-9-17(27-19)16-8-10-18(26-16)20-12-14-22(28-20)24(2,3)4/h8-15,18-19H,7H2,1-6H3. The maximum absolute atomic E-state index is 2.38. The van der Waals surface area contributed by atoms with Gasteiger partial charge >= 0.3 is 0 Å². The molecule has 2 atom stereocenters. The number of hydrogen-bond donors (Lipinski definition) is 0. The smallest absolute Gasteiger partial charge is 0.0622 e. The summed E-state index contributed by atoms with van der Waals surface area (Å²) >= 11 is 7.97. The van der Waals surface area contributed by atoms with Gasteiger partial charge in [0.1, 0.15) is 0 Å². The first-order valence-electron chi connectivity index (χ1n) is 10.3. The molecule has 0 bridgehead atoms. The minimum Gasteiger partial charge on any atom is -0.143 e. The number of hydrogen-bond acceptors (Lipinski definition) is 4. The van der Waals surface area contributed by atoms with E-state index in [-0.39, 0.29) is 10.8 Å². The van der Waals surface area contributed by atoms with E-state index in [2.05, 4.69) is 90.1 Å². The molecule has 2 unspecified atom stereocenters. The molecule has 2 aromatic heterocycles. The highest BCUT2D eigenvalue weighted by Crippen LogP contribution is 2.53. The van der Waals surface area contributed by atoms with Crippen molar-refractivity contribution in [2.24, 2.45) is 0 Å². The minimum atomic E-state index is 0.236. The molecular weight excluding hydrogens is 429 g/mol. The van der Waals surface area contributed by atoms with Crippen molar-refractivity contribution in [3.05, 3.63) is 77.9 Å². The first kappa shape index (κ1) is 21.5. The van der Waals surface area contributed by atoms with Crippen LogP contribution in [0.5, 0.6) is 0 Å². The molecule has 4 rings (SSSR count). The second kappa shape index (κ2) is 8.11. The Morgan fingerprint density at radius 1 is 0.724 bits per heavy atom. The van der Waals surface area contributed by atoms with Gasteiger partial charge < -0.3 is 0 Å². The van der Waals surface area contributed by atoms with Crippen LogP contribution >= 0.6 is 46.2 Å². The molecule has 0 aromatic carbocycles. The number of rotatable bonds is 4. The van der Waals surface area contributed by atoms with E-state index < -0.39 is 0 Å². The summed E-state index contributed by atoms with van der Waals surface area (Å²) in [7, 11) is 0. The molecule has 2 aliphatic rings. The Labute approximate surface area is 192 Å². The van der Waals surface area contributed by atoms with Gasteiger partial charge in [0.05, 0.1) is 10.5 Å². The molecular formula is C25H30S4. The van der Waals surface area contributed by atoms with Gasteiger partial charge in [0.25, 0.3) is 0 Å². The van der Waals surface area contributed by atoms with Gasteiger partial charge in [-0.25, -0.2) is 0 Å². The Morgan fingerprint density at radius 2 is 1.21 bits per heavy atom. The molecule has 0 fully saturated rings. The lowest BCUT2D eigenvalue weighted by Gasteiger charge is -2.20. The van der Waals surface area contributed by atoms with Crippen molar-refractivity contribution >= 4 is 46.2 Å². The highest BCUT2D eigenvalue weighted by molar-refractivity contribution is 8.07. The van der Waals surface area contributed by atoms with E-state index in [9.17, 15) is 0 Å². The number of allylic oxidation sites excluding steroid dienone is 2. The van der Waals surface area contributed by atoms with Gasteiger partial charge in [0, 0.05) is 29.3 Å². The van der Waals surface area contributed by atoms with Gasteiger partial charge in [-0.2, -0.15) is 0 Å². The molecule has 0 nitrogen and oxygen atoms in total. The fraction of sp³-hybridized carbons (Fsp3) is 0.440. The average molecular weight is 459 g/mol. The van der Waals surface area contributed by atoms with Crippen LogP contribution in [0.3, 0.4) is 0 Å². The first-order valence-corrected chi connectivity index (χ1v) is 13.7. The van der Waals surface area contributed by atoms with E-state index >= 15 is 0 Å². The second-order valence-electron chi connectivity index (χ2n) is 9.42. The Balaban J connectivity index is 1.45. The SMILES string of the molecule is CCC(C)(C)c1ccc(C2C=CC(=C3C=CC(c4ccc(C(C)(C)C)s4)S3)S2)s1. The number of thiophene rings is 2. The Hall–Kier alpha value is -0.680. The van der Waals surface area contributed by atoms with Crippen LogP contribution in [0, 0.1) is 0 Å². The van der Waals surface area contributed by atoms with Crippen LogP contribution in [-0.4, -0.2) is 0 Å². The van der Waals surface area contributed by atoms with Crippen molar-refractivity contribution in [2.75, 3.05) is 0 Å². The second-order valence-corrected chi connectivity index (χ2v) is 14.0. The lowest BCUT2D eigenvalue weighted by Crippen LogP contribution is -2.12. The third-order valence-corrected chi connectivity index (χ3v) is 11.8. The maximum Gasteiger partial charge on any atom is 0.0622 e. The minimum absolute atomic E-state index is 0.236. The van der Waals surface area contributed by atoms with Gasteiger partial charge in [0.2, 0.25) is 0 Å². The monoisotopic (exact) mass is 458 g/mol. The van der Waals surface area contributed by atoms with Crippen LogP contribution in [0.25, 0.3) is 0 Å². The maximum atomic E-state index is 2.38. The van der Waals surface area contributed by atoms with Gasteiger partial charge in [0.15, 0.2) is 0 Å². The summed E-state index contributed by atoms with van der Waals surface area (Å²) < 4.78 is 0. The molecule has 2 aromatic rings. The summed E-state index contributed by atoms with van der Waals surface area (Å²) in [4.78, 5) is 8.79. The fourth-order valence-corrected chi connectivity index (χ4v) is 8.29. The molecule has 2 aliphatic heterocycles. The predicted molar refractivity (Wildman–Crippen MR) is 137 cm³/mol. The van der Waals surface area contributed by atoms with Crippen molar-refractivity contribution in [2.45, 2.75) is 69.3 Å². The summed E-state index contributed by atoms with van der Waals surface area (Å²) in [5.74, 6) is 0. The molecule has 0 saturated heterocycles. The molecule has 0 radical (unpaired) electrons. The molecule has 154 valence electrons. The molecule has 29 heavy (non-hydrogen) atoms. The highest BCUT2D eigenvalue weighted by Gasteiger charge is 2.27. The fourth-order valence-electron chi connectivity index (χ4n) is 3.32. The predicted octanol–water partition coefficient (Wildman–Crippen LogP) is 9.39. The van der Waals surface area contributed by atoms with Crippen LogP contribution < -0.4 is 0 Å². The third kappa shape index (κ3) is 4.51. The molecule has 0 aliphatic carbocycles. The van der Waals surface area contributed by atoms with Crippen molar-refractivity contribution < 1.29 is 0 Å². The van der Waals surface area contributed by atoms with Crippen LogP contribution in [0.1, 0.15) is 78.0 Å². The van der Waals surface area contributed by atoms with Gasteiger partial charge in [-0.1, -0.05) is 53.7 Å². The Kier molecular flexibility index (Phi) is 6.02. The Bertz CT molecular complexity index is 975. The summed E-state index contributed by atoms with van der Waals surface area (Å²) in [5.41, 5.74) is 0.515. The van der Waals surface area contributed by atoms with Crippen LogP contribution in [0.15, 0.2) is 58.4 Å². The summed E-state index contributed by atoms with van der Waals surface area (Å²) in [6.07, 6.45) is 10.6. The van der Waals surface area contributed by atoms with Crippen molar-refractivity contribution in [1.29, 1.82) is 0 Å². The Morgan fingerprint density at radius 3 is 1.66 bits per heavy atom. The summed E-state index contributed by atoms with van der Waals surface area (Å²) in [5, 5.41) is 0.927. The van der Waals surface area contributed by atoms with Gasteiger partial charge in [-0.05, 0) is 53.7 Å². The summed E-state index contributed by atoms with van der Waals surface area (Å²) in [6, 6.07) is 9.32. The topological polar surface area (TPSA) is 0 Å². The quantitative estimate of drug-likeness (QED) is 0.447. The number of thioether (sulfide) groups is 2. The van der Waals surface area contributed by atoms with Gasteiger partial charge in [-0.15, -0.1) is 46.2 Å². The largest absolute Gasteiger partial charge is 0.143 e. The zero-order valence-electron chi connectivity index (χ0n) is 18.1. The van der Waals surface area contributed by atoms with Crippen LogP contribution in [0.4, 0.5) is 0 Å². The molecule has 0 spiro atoms. The third-order valence-electron chi connectivity index (χ3n) is 5.70. The molecule has 4 heteroatoms. The van der Waals surface area contributed by atoms with Crippen LogP contribution in [0.2, 0.25) is 0 Å². The molecule has 0 N–H and O–H groups in total. The van der Waals surface area contributed by atoms with E-state index in [1.165, 1.54) is 35.7 Å². The average Bonchev–Trinajstić information content (AvgIpc) is 3.46. The zero-order valence-corrected chi connectivity index (χ0v) is 21.4. The van der Waals surface area contributed by atoms with Crippen molar-refractivity contribution in [1.82, 2.24) is 0 Å². The first-order chi connectivity index (χ1) is 13.7. The van der Waals surface area contributed by atoms with Crippen molar-refractivity contribution in [3.63, 3.8) is 0 Å². The van der Waals surface area contributed by atoms with E-state index in [1.807, 2.05) is 46.2 Å². The van der Waals surface area contributed by atoms with Crippen molar-refractivity contribution in [3.8, 4) is 0 Å². The van der Waals surface area contributed by atoms with E-state index in [0.29, 0.717) is 10.5 Å². The summed E-state index contributed by atoms with van der Waals surface area (Å²) in [6.45, 7) is 13.9. The molecule has 0 saturated carbocycles. The molecule has 4 heterocycles. The van der Waals surface area contributed by atoms with E-state index in [0.717, 1.165) is 0 Å². The zero-order chi connectivity index (χ0) is 20.8. The lowest BCUT2D eigenvalue weighted by atomic mass is 9.89. The van der Waals surface area contributed by atoms with Gasteiger partial charge in [-0.3, -0.25) is 0 Å². The highest BCUT2D eigenvalue weighted by atomic mass is 32.2. The van der Waals surface area contributed by atoms with E-state index in [1.54, 1.807) is 0 Å². The lowest BCUT2D eigenvalue weighted by molar-refractivity contribution is 0.517. The van der Waals surface area contributed by atoms with E-state index in [4.69, 9.17) is 0 Å². The normalized spacial score (nSPS) is 24.8. The molecule has 0 amide bonds. The van der Waals surface area contributed by atoms with Crippen LogP contribution in [-0.2, 0) is 10.8 Å².